The van der Waals surface area contributed by atoms with Gasteiger partial charge in [-0.25, -0.2) is 33.7 Å². The van der Waals surface area contributed by atoms with Crippen molar-refractivity contribution in [3.63, 3.8) is 0 Å². The van der Waals surface area contributed by atoms with Gasteiger partial charge >= 0.3 is 34.1 Å². The van der Waals surface area contributed by atoms with Crippen LogP contribution in [0, 0.1) is 62.2 Å². The monoisotopic (exact) mass is 2070 g/mol. The maximum atomic E-state index is 10.5. The Balaban J connectivity index is -0.000000123. The number of carbonyl (C=O) groups excluding carboxylic acids is 4. The molecule has 2 heterocycles. The second-order valence-electron chi connectivity index (χ2n) is 24.4. The van der Waals surface area contributed by atoms with Crippen LogP contribution in [-0.2, 0) is 96.5 Å². The van der Waals surface area contributed by atoms with E-state index in [1.54, 1.807) is 0 Å². The third-order valence-corrected chi connectivity index (χ3v) is 17.2. The van der Waals surface area contributed by atoms with E-state index < -0.39 is 106 Å². The smallest absolute Gasteiger partial charge is 2.00 e. The Hall–Kier alpha value is -3.02. The van der Waals surface area contributed by atoms with E-state index in [9.17, 15) is 91.5 Å². The van der Waals surface area contributed by atoms with E-state index in [0.717, 1.165) is 127 Å². The van der Waals surface area contributed by atoms with Crippen molar-refractivity contribution < 1.29 is 221 Å². The number of carbonyl (C=O) groups is 4. The third kappa shape index (κ3) is 50.5. The standard InChI is InChI=1S/2C16H36N4.4C7H6O5S.2Cu.2H2O.4O.2U/c2*1-13-11-15(3,4)19-10-8-18-14(2)12-16(5,6)20-9-7-17-13;4*8-7(9)5-3-1-2-4-6(5)13(10,11)12;;;;;;;;;;/h2*13-14,17-20H,7-12H2,1-6H3;4*1-4H,(H,8,9)(H,10,11,12);;;2*1H2;;;;;;/q;;;;;;2*+2;;;4*-2;;/p-8/t2*13-,14+;;;;;;;;;;;;;;. The van der Waals surface area contributed by atoms with Gasteiger partial charge in [-0.3, -0.25) is 0 Å². The molecule has 4 aromatic rings. The van der Waals surface area contributed by atoms with Crippen LogP contribution in [0.2, 0.25) is 0 Å². The molecule has 0 unspecified atom stereocenters. The number of benzene rings is 4. The first-order valence-electron chi connectivity index (χ1n) is 29.1. The van der Waals surface area contributed by atoms with Crippen LogP contribution < -0.4 is 63.0 Å². The van der Waals surface area contributed by atoms with Gasteiger partial charge in [0.15, 0.2) is 0 Å². The number of carboxylic acid groups (broad SMARTS) is 4. The molecular formula is C60H92Cu2N8O26S4U2-12. The van der Waals surface area contributed by atoms with Gasteiger partial charge in [0.25, 0.3) is 0 Å². The summed E-state index contributed by atoms with van der Waals surface area (Å²) in [5.74, 6) is -6.74. The fourth-order valence-electron chi connectivity index (χ4n) is 9.93. The Morgan fingerprint density at radius 3 is 0.578 bits per heavy atom. The molecule has 34 nitrogen and oxygen atoms in total. The van der Waals surface area contributed by atoms with Gasteiger partial charge in [-0.05, 0) is 133 Å². The van der Waals surface area contributed by atoms with Crippen LogP contribution in [-0.4, -0.2) is 185 Å². The Morgan fingerprint density at radius 1 is 0.324 bits per heavy atom. The summed E-state index contributed by atoms with van der Waals surface area (Å²) in [5.41, 5.74) is -1.70. The van der Waals surface area contributed by atoms with E-state index in [0.29, 0.717) is 24.2 Å². The molecule has 6 rings (SSSR count). The minimum Gasteiger partial charge on any atom is -2.00 e. The molecule has 0 amide bonds. The quantitative estimate of drug-likeness (QED) is 0.0631. The van der Waals surface area contributed by atoms with E-state index in [1.807, 2.05) is 0 Å². The van der Waals surface area contributed by atoms with Crippen LogP contribution in [0.1, 0.15) is 150 Å². The van der Waals surface area contributed by atoms with E-state index in [-0.39, 0.29) is 151 Å². The van der Waals surface area contributed by atoms with Crippen molar-refractivity contribution in [3.8, 4) is 0 Å². The van der Waals surface area contributed by atoms with Crippen molar-refractivity contribution in [1.82, 2.24) is 42.5 Å². The van der Waals surface area contributed by atoms with Crippen LogP contribution in [0.25, 0.3) is 0 Å². The van der Waals surface area contributed by atoms with Crippen LogP contribution >= 0.6 is 0 Å². The average Bonchev–Trinajstić information content (AvgIpc) is 0.844. The van der Waals surface area contributed by atoms with Crippen LogP contribution in [0.5, 0.6) is 0 Å². The first-order valence-corrected chi connectivity index (χ1v) is 34.7. The Bertz CT molecular complexity index is 3070. The number of carboxylic acids is 4. The minimum absolute atomic E-state index is 0. The molecule has 4 aromatic carbocycles. The molecule has 12 N–H and O–H groups in total. The van der Waals surface area contributed by atoms with Gasteiger partial charge < -0.3 is 133 Å². The van der Waals surface area contributed by atoms with Gasteiger partial charge in [0.05, 0.1) is 43.5 Å². The fourth-order valence-corrected chi connectivity index (χ4v) is 12.6. The van der Waals surface area contributed by atoms with E-state index >= 15 is 0 Å². The molecule has 2 aliphatic rings. The van der Waals surface area contributed by atoms with Crippen LogP contribution in [0.15, 0.2) is 117 Å². The number of hydrogen-bond donors (Lipinski definition) is 8. The largest absolute Gasteiger partial charge is 2.00 e. The van der Waals surface area contributed by atoms with Gasteiger partial charge in [0.1, 0.15) is 40.5 Å². The molecule has 0 saturated carbocycles. The molecule has 2 saturated heterocycles. The number of aromatic carboxylic acids is 4. The summed E-state index contributed by atoms with van der Waals surface area (Å²) in [6, 6.07) is 20.1. The van der Waals surface area contributed by atoms with E-state index in [1.165, 1.54) is 48.5 Å². The summed E-state index contributed by atoms with van der Waals surface area (Å²) < 4.78 is 126. The summed E-state index contributed by atoms with van der Waals surface area (Å²) in [4.78, 5) is 38.3. The first-order chi connectivity index (χ1) is 42.1. The van der Waals surface area contributed by atoms with E-state index in [2.05, 4.69) is 126 Å². The molecule has 42 heteroatoms. The fraction of sp³-hybridized carbons (Fsp3) is 0.533. The summed E-state index contributed by atoms with van der Waals surface area (Å²) in [7, 11) is -19.0. The van der Waals surface area contributed by atoms with Gasteiger partial charge in [0.2, 0.25) is 0 Å². The summed E-state index contributed by atoms with van der Waals surface area (Å²) in [6.07, 6.45) is 4.58. The van der Waals surface area contributed by atoms with Crippen molar-refractivity contribution >= 4 is 64.3 Å². The normalized spacial score (nSPS) is 18.7. The van der Waals surface area contributed by atoms with Crippen molar-refractivity contribution in [2.75, 3.05) is 52.4 Å². The van der Waals surface area contributed by atoms with Crippen molar-refractivity contribution in [1.29, 1.82) is 0 Å². The maximum Gasteiger partial charge on any atom is 2.00 e. The molecule has 102 heavy (non-hydrogen) atoms. The summed E-state index contributed by atoms with van der Waals surface area (Å²) in [5, 5.41) is 70.6. The number of hydrogen-bond acceptors (Lipinski definition) is 28. The first kappa shape index (κ1) is 120. The zero-order chi connectivity index (χ0) is 70.7. The molecule has 0 aliphatic carbocycles. The van der Waals surface area contributed by atoms with Gasteiger partial charge in [-0.15, -0.1) is 0 Å². The average molecular weight is 2070 g/mol. The third-order valence-electron chi connectivity index (χ3n) is 13.7. The molecule has 0 bridgehead atoms. The Labute approximate surface area is 667 Å². The Morgan fingerprint density at radius 2 is 0.461 bits per heavy atom. The molecule has 2 radical (unpaired) electrons. The predicted octanol–water partition coefficient (Wildman–Crippen LogP) is -3.37. The topological polar surface area (TPSA) is 663 Å². The predicted molar refractivity (Wildman–Crippen MR) is 342 cm³/mol. The zero-order valence-corrected chi connectivity index (χ0v) is 71.5. The minimum atomic E-state index is -4.75. The molecule has 2 aliphatic heterocycles. The second kappa shape index (κ2) is 55.4. The molecule has 0 spiro atoms. The van der Waals surface area contributed by atoms with Gasteiger partial charge in [-0.2, -0.15) is 0 Å². The number of nitrogens with one attached hydrogen (secondary N) is 8. The second-order valence-corrected chi connectivity index (χ2v) is 29.8. The van der Waals surface area contributed by atoms with Crippen molar-refractivity contribution in [2.24, 2.45) is 0 Å². The summed E-state index contributed by atoms with van der Waals surface area (Å²) >= 11 is 0. The molecule has 4 atom stereocenters. The van der Waals surface area contributed by atoms with Crippen LogP contribution in [0.3, 0.4) is 0 Å². The summed E-state index contributed by atoms with van der Waals surface area (Å²) in [6.45, 7) is 35.7. The van der Waals surface area contributed by atoms with Crippen LogP contribution in [0.4, 0.5) is 0 Å². The van der Waals surface area contributed by atoms with Gasteiger partial charge in [-0.1, -0.05) is 72.8 Å². The zero-order valence-electron chi connectivity index (χ0n) is 58.1. The molecular weight excluding hydrogens is 1980 g/mol. The molecule has 2 fully saturated rings. The Kier molecular flexibility index (Phi) is 65.2. The van der Waals surface area contributed by atoms with Crippen molar-refractivity contribution in [3.05, 3.63) is 119 Å². The van der Waals surface area contributed by atoms with Crippen molar-refractivity contribution in [2.45, 2.75) is 175 Å². The molecule has 0 aromatic heterocycles. The maximum absolute atomic E-state index is 10.5. The number of rotatable bonds is 8. The molecule has 594 valence electrons. The van der Waals surface area contributed by atoms with E-state index in [4.69, 9.17) is 0 Å². The SMILES string of the molecule is C[C@@H]1CC(C)(C)NCCN[C@@H](C)CC(C)(C)NCCN1.C[C@@H]1CC(C)(C)NCCN[C@@H](C)CC(C)(C)NCCN1.O.O.O=C([O-])c1ccccc1S(=O)(=O)[O-].O=C([O-])c1ccccc1S(=O)(=O)[O-].O=C([O-])c1ccccc1S(=O)(=O)[O-].O=C([O-])c1ccccc1S(=O)(=O)[O-].[Cu+2].[Cu+2].[O-2].[O-2].[O-2].[O-2].[U].[U]. The van der Waals surface area contributed by atoms with Gasteiger partial charge in [0, 0.05) is 183 Å².